The molecular formula is C14H14ClNO2. The topological polar surface area (TPSA) is 42.1 Å². The third-order valence-electron chi connectivity index (χ3n) is 3.53. The fraction of sp³-hybridized carbons (Fsp3) is 0.357. The lowest BCUT2D eigenvalue weighted by molar-refractivity contribution is 0.181. The van der Waals surface area contributed by atoms with Crippen LogP contribution in [-0.4, -0.2) is 11.6 Å². The number of ether oxygens (including phenoxy) is 1. The van der Waals surface area contributed by atoms with Gasteiger partial charge in [0.05, 0.1) is 11.6 Å². The molecule has 18 heavy (non-hydrogen) atoms. The van der Waals surface area contributed by atoms with Crippen molar-refractivity contribution in [3.63, 3.8) is 0 Å². The number of nitrogens with one attached hydrogen (secondary N) is 1. The highest BCUT2D eigenvalue weighted by Gasteiger charge is 2.18. The van der Waals surface area contributed by atoms with Crippen LogP contribution in [0.15, 0.2) is 29.2 Å². The molecule has 0 aliphatic heterocycles. The van der Waals surface area contributed by atoms with Gasteiger partial charge in [-0.1, -0.05) is 18.0 Å². The van der Waals surface area contributed by atoms with Crippen LogP contribution in [0.5, 0.6) is 5.75 Å². The molecule has 1 saturated carbocycles. The van der Waals surface area contributed by atoms with Gasteiger partial charge in [-0.3, -0.25) is 4.79 Å². The number of benzene rings is 1. The molecule has 1 aromatic heterocycles. The van der Waals surface area contributed by atoms with Crippen LogP contribution in [0, 0.1) is 5.92 Å². The molecule has 1 fully saturated rings. The van der Waals surface area contributed by atoms with Gasteiger partial charge in [-0.2, -0.15) is 0 Å². The predicted molar refractivity (Wildman–Crippen MR) is 72.4 cm³/mol. The van der Waals surface area contributed by atoms with Crippen molar-refractivity contribution < 1.29 is 4.74 Å². The van der Waals surface area contributed by atoms with Gasteiger partial charge < -0.3 is 9.72 Å². The Morgan fingerprint density at radius 1 is 1.39 bits per heavy atom. The lowest BCUT2D eigenvalue weighted by atomic mass is 9.86. The van der Waals surface area contributed by atoms with Gasteiger partial charge in [0.1, 0.15) is 5.75 Å². The average molecular weight is 264 g/mol. The fourth-order valence-corrected chi connectivity index (χ4v) is 2.38. The molecule has 0 atom stereocenters. The molecule has 2 aromatic rings. The second-order valence-corrected chi connectivity index (χ2v) is 5.19. The van der Waals surface area contributed by atoms with Gasteiger partial charge in [-0.25, -0.2) is 0 Å². The van der Waals surface area contributed by atoms with Gasteiger partial charge in [-0.15, -0.1) is 0 Å². The highest BCUT2D eigenvalue weighted by molar-refractivity contribution is 6.32. The molecule has 1 aliphatic carbocycles. The Labute approximate surface area is 110 Å². The Kier molecular flexibility index (Phi) is 3.00. The zero-order valence-electron chi connectivity index (χ0n) is 9.91. The first-order valence-electron chi connectivity index (χ1n) is 6.18. The summed E-state index contributed by atoms with van der Waals surface area (Å²) in [5.74, 6) is 1.33. The van der Waals surface area contributed by atoms with E-state index in [1.807, 2.05) is 12.1 Å². The highest BCUT2D eigenvalue weighted by Crippen LogP contribution is 2.31. The van der Waals surface area contributed by atoms with Crippen LogP contribution in [-0.2, 0) is 0 Å². The Morgan fingerprint density at radius 2 is 2.22 bits per heavy atom. The van der Waals surface area contributed by atoms with E-state index < -0.39 is 0 Å². The first-order valence-corrected chi connectivity index (χ1v) is 6.55. The largest absolute Gasteiger partial charge is 0.492 e. The Balaban J connectivity index is 1.91. The molecule has 0 spiro atoms. The maximum atomic E-state index is 11.6. The molecule has 0 radical (unpaired) electrons. The molecule has 0 unspecified atom stereocenters. The van der Waals surface area contributed by atoms with E-state index in [1.54, 1.807) is 12.3 Å². The Hall–Kier alpha value is -1.48. The quantitative estimate of drug-likeness (QED) is 0.923. The second-order valence-electron chi connectivity index (χ2n) is 4.78. The smallest absolute Gasteiger partial charge is 0.255 e. The number of hydrogen-bond acceptors (Lipinski definition) is 2. The summed E-state index contributed by atoms with van der Waals surface area (Å²) in [7, 11) is 0. The van der Waals surface area contributed by atoms with Crippen LogP contribution in [0.4, 0.5) is 0 Å². The van der Waals surface area contributed by atoms with E-state index in [0.717, 1.165) is 5.39 Å². The monoisotopic (exact) mass is 263 g/mol. The van der Waals surface area contributed by atoms with E-state index >= 15 is 0 Å². The Morgan fingerprint density at radius 3 is 2.94 bits per heavy atom. The van der Waals surface area contributed by atoms with E-state index in [4.69, 9.17) is 16.3 Å². The normalized spacial score (nSPS) is 15.6. The fourth-order valence-electron chi connectivity index (χ4n) is 2.17. The third kappa shape index (κ3) is 2.10. The number of halogens is 1. The van der Waals surface area contributed by atoms with Crippen molar-refractivity contribution >= 4 is 22.4 Å². The van der Waals surface area contributed by atoms with Crippen molar-refractivity contribution in [3.05, 3.63) is 39.8 Å². The SMILES string of the molecule is O=c1[nH]ccc2cc(OCC3CCC3)c(Cl)cc12. The second kappa shape index (κ2) is 4.65. The van der Waals surface area contributed by atoms with Gasteiger partial charge in [0.15, 0.2) is 0 Å². The zero-order valence-corrected chi connectivity index (χ0v) is 10.7. The number of fused-ring (bicyclic) bond motifs is 1. The van der Waals surface area contributed by atoms with Gasteiger partial charge in [-0.05, 0) is 42.3 Å². The number of aromatic amines is 1. The molecule has 0 saturated heterocycles. The summed E-state index contributed by atoms with van der Waals surface area (Å²) >= 11 is 6.14. The third-order valence-corrected chi connectivity index (χ3v) is 3.82. The van der Waals surface area contributed by atoms with Crippen LogP contribution in [0.1, 0.15) is 19.3 Å². The number of hydrogen-bond donors (Lipinski definition) is 1. The van der Waals surface area contributed by atoms with Gasteiger partial charge >= 0.3 is 0 Å². The molecule has 0 amide bonds. The summed E-state index contributed by atoms with van der Waals surface area (Å²) in [5, 5.41) is 1.95. The number of aromatic nitrogens is 1. The molecule has 3 rings (SSSR count). The maximum Gasteiger partial charge on any atom is 0.255 e. The van der Waals surface area contributed by atoms with Crippen LogP contribution in [0.2, 0.25) is 5.02 Å². The standard InChI is InChI=1S/C14H14ClNO2/c15-12-7-11-10(4-5-16-14(11)17)6-13(12)18-8-9-2-1-3-9/h4-7,9H,1-3,8H2,(H,16,17). The molecule has 1 aromatic carbocycles. The van der Waals surface area contributed by atoms with E-state index in [1.165, 1.54) is 19.3 Å². The molecule has 1 heterocycles. The van der Waals surface area contributed by atoms with E-state index in [0.29, 0.717) is 28.7 Å². The Bertz CT molecular complexity index is 631. The first kappa shape index (κ1) is 11.6. The molecule has 4 heteroatoms. The predicted octanol–water partition coefficient (Wildman–Crippen LogP) is 3.36. The number of H-pyrrole nitrogens is 1. The van der Waals surface area contributed by atoms with Crippen molar-refractivity contribution in [3.8, 4) is 5.75 Å². The molecule has 3 nitrogen and oxygen atoms in total. The summed E-state index contributed by atoms with van der Waals surface area (Å²) in [4.78, 5) is 14.2. The lowest BCUT2D eigenvalue weighted by Gasteiger charge is -2.25. The summed E-state index contributed by atoms with van der Waals surface area (Å²) in [6, 6.07) is 5.36. The molecular weight excluding hydrogens is 250 g/mol. The number of pyridine rings is 1. The van der Waals surface area contributed by atoms with Crippen molar-refractivity contribution in [2.24, 2.45) is 5.92 Å². The highest BCUT2D eigenvalue weighted by atomic mass is 35.5. The van der Waals surface area contributed by atoms with Crippen LogP contribution in [0.3, 0.4) is 0 Å². The van der Waals surface area contributed by atoms with E-state index in [-0.39, 0.29) is 5.56 Å². The molecule has 1 aliphatic rings. The van der Waals surface area contributed by atoms with Crippen molar-refractivity contribution in [2.75, 3.05) is 6.61 Å². The number of rotatable bonds is 3. The van der Waals surface area contributed by atoms with Crippen molar-refractivity contribution in [1.82, 2.24) is 4.98 Å². The van der Waals surface area contributed by atoms with Crippen LogP contribution in [0.25, 0.3) is 10.8 Å². The molecule has 94 valence electrons. The molecule has 0 bridgehead atoms. The maximum absolute atomic E-state index is 11.6. The first-order chi connectivity index (χ1) is 8.74. The van der Waals surface area contributed by atoms with Crippen molar-refractivity contribution in [2.45, 2.75) is 19.3 Å². The van der Waals surface area contributed by atoms with Gasteiger partial charge in [0.2, 0.25) is 0 Å². The van der Waals surface area contributed by atoms with Crippen LogP contribution >= 0.6 is 11.6 Å². The summed E-state index contributed by atoms with van der Waals surface area (Å²) in [6.07, 6.45) is 5.42. The minimum atomic E-state index is -0.125. The summed E-state index contributed by atoms with van der Waals surface area (Å²) < 4.78 is 5.74. The van der Waals surface area contributed by atoms with Crippen molar-refractivity contribution in [1.29, 1.82) is 0 Å². The minimum Gasteiger partial charge on any atom is -0.492 e. The minimum absolute atomic E-state index is 0.125. The van der Waals surface area contributed by atoms with Gasteiger partial charge in [0, 0.05) is 11.6 Å². The lowest BCUT2D eigenvalue weighted by Crippen LogP contribution is -2.19. The summed E-state index contributed by atoms with van der Waals surface area (Å²) in [5.41, 5.74) is -0.125. The molecule has 1 N–H and O–H groups in total. The average Bonchev–Trinajstić information content (AvgIpc) is 2.29. The van der Waals surface area contributed by atoms with Gasteiger partial charge in [0.25, 0.3) is 5.56 Å². The van der Waals surface area contributed by atoms with E-state index in [2.05, 4.69) is 4.98 Å². The van der Waals surface area contributed by atoms with E-state index in [9.17, 15) is 4.79 Å². The van der Waals surface area contributed by atoms with Crippen LogP contribution < -0.4 is 10.3 Å². The summed E-state index contributed by atoms with van der Waals surface area (Å²) in [6.45, 7) is 0.717. The zero-order chi connectivity index (χ0) is 12.5.